The normalized spacial score (nSPS) is 13.0. The maximum absolute atomic E-state index is 15.2. The van der Waals surface area contributed by atoms with Gasteiger partial charge in [-0.3, -0.25) is 4.79 Å². The van der Waals surface area contributed by atoms with Crippen LogP contribution in [0.5, 0.6) is 23.0 Å². The van der Waals surface area contributed by atoms with Crippen molar-refractivity contribution in [3.63, 3.8) is 0 Å². The van der Waals surface area contributed by atoms with E-state index < -0.39 is 71.4 Å². The molecular formula is C24H17F7N2O6. The lowest BCUT2D eigenvalue weighted by atomic mass is 10.1. The summed E-state index contributed by atoms with van der Waals surface area (Å²) in [6.45, 7) is 1.38. The van der Waals surface area contributed by atoms with Crippen LogP contribution in [0.2, 0.25) is 0 Å². The Bertz CT molecular complexity index is 1510. The largest absolute Gasteiger partial charge is 0.573 e. The molecule has 0 spiro atoms. The maximum atomic E-state index is 15.2. The number of nitrogens with one attached hydrogen (secondary N) is 1. The van der Waals surface area contributed by atoms with Crippen LogP contribution in [0.25, 0.3) is 0 Å². The van der Waals surface area contributed by atoms with Crippen molar-refractivity contribution in [3.8, 4) is 23.0 Å². The van der Waals surface area contributed by atoms with Gasteiger partial charge in [0.15, 0.2) is 17.3 Å². The quantitative estimate of drug-likeness (QED) is 0.266. The van der Waals surface area contributed by atoms with Crippen LogP contribution in [-0.2, 0) is 10.9 Å². The van der Waals surface area contributed by atoms with Crippen molar-refractivity contribution < 1.29 is 63.4 Å². The molecule has 1 amide bonds. The number of ether oxygens (including phenoxy) is 4. The summed E-state index contributed by atoms with van der Waals surface area (Å²) in [6, 6.07) is 3.72. The second-order valence-electron chi connectivity index (χ2n) is 7.49. The summed E-state index contributed by atoms with van der Waals surface area (Å²) in [7, 11) is -2.18. The number of carbonyl (C=O) groups is 2. The van der Waals surface area contributed by atoms with Crippen LogP contribution in [0.1, 0.15) is 36.1 Å². The van der Waals surface area contributed by atoms with E-state index in [9.17, 15) is 35.9 Å². The van der Waals surface area contributed by atoms with Crippen molar-refractivity contribution in [2.45, 2.75) is 19.5 Å². The molecule has 0 aliphatic rings. The van der Waals surface area contributed by atoms with Gasteiger partial charge in [-0.1, -0.05) is 0 Å². The van der Waals surface area contributed by atoms with Gasteiger partial charge in [-0.2, -0.15) is 13.2 Å². The van der Waals surface area contributed by atoms with E-state index in [1.54, 1.807) is 0 Å². The second-order valence-corrected chi connectivity index (χ2v) is 7.49. The predicted octanol–water partition coefficient (Wildman–Crippen LogP) is 6.29. The third kappa shape index (κ3) is 6.86. The molecule has 3 aromatic rings. The highest BCUT2D eigenvalue weighted by molar-refractivity contribution is 6.07. The van der Waals surface area contributed by atoms with E-state index in [-0.39, 0.29) is 23.0 Å². The van der Waals surface area contributed by atoms with Crippen molar-refractivity contribution in [2.24, 2.45) is 0 Å². The van der Waals surface area contributed by atoms with E-state index in [0.717, 1.165) is 13.3 Å². The number of hydrogen-bond donors (Lipinski definition) is 1. The maximum Gasteiger partial charge on any atom is 0.573 e. The van der Waals surface area contributed by atoms with Crippen LogP contribution in [0.3, 0.4) is 0 Å². The van der Waals surface area contributed by atoms with Gasteiger partial charge in [0.25, 0.3) is 5.91 Å². The third-order valence-electron chi connectivity index (χ3n) is 4.87. The molecule has 0 unspecified atom stereocenters. The molecule has 0 aliphatic heterocycles. The standard InChI is InChI=1S/C24H17F7N2O6/c1-11-8-14(22(35)37-3)32-10-15(11)33-21(34)19-17(7-5-13(20(19)25)23(26,27)28)38-16-6-4-12(9-18(16)36-2)39-24(29,30)31/h4-10H,1-3H3,(H,33,34)/i2D3. The van der Waals surface area contributed by atoms with Crippen molar-refractivity contribution in [2.75, 3.05) is 19.5 Å². The van der Waals surface area contributed by atoms with E-state index in [1.807, 2.05) is 0 Å². The zero-order valence-corrected chi connectivity index (χ0v) is 19.6. The minimum atomic E-state index is -5.27. The number of amides is 1. The Labute approximate surface area is 219 Å². The SMILES string of the molecule is [2H]C([2H])([2H])Oc1cc(OC(F)(F)F)ccc1Oc1ccc(C(F)(F)F)c(F)c1C(=O)Nc1cnc(C(=O)OC)cc1C. The lowest BCUT2D eigenvalue weighted by Crippen LogP contribution is -2.19. The molecule has 208 valence electrons. The number of rotatable bonds is 7. The number of esters is 1. The number of nitrogens with zero attached hydrogens (tertiary/aromatic N) is 1. The first-order chi connectivity index (χ1) is 19.3. The van der Waals surface area contributed by atoms with E-state index in [0.29, 0.717) is 24.3 Å². The fourth-order valence-corrected chi connectivity index (χ4v) is 3.13. The minimum Gasteiger partial charge on any atom is -0.493 e. The predicted molar refractivity (Wildman–Crippen MR) is 119 cm³/mol. The van der Waals surface area contributed by atoms with Gasteiger partial charge in [-0.15, -0.1) is 13.2 Å². The highest BCUT2D eigenvalue weighted by Gasteiger charge is 2.38. The Kier molecular flexibility index (Phi) is 7.01. The summed E-state index contributed by atoms with van der Waals surface area (Å²) in [6.07, 6.45) is -9.51. The smallest absolute Gasteiger partial charge is 0.493 e. The highest BCUT2D eigenvalue weighted by atomic mass is 19.4. The van der Waals surface area contributed by atoms with Crippen LogP contribution >= 0.6 is 0 Å². The molecule has 0 saturated carbocycles. The number of alkyl halides is 6. The van der Waals surface area contributed by atoms with Gasteiger partial charge in [0.2, 0.25) is 0 Å². The zero-order valence-electron chi connectivity index (χ0n) is 22.6. The number of anilines is 1. The summed E-state index contributed by atoms with van der Waals surface area (Å²) in [5, 5.41) is 2.14. The summed E-state index contributed by atoms with van der Waals surface area (Å²) in [4.78, 5) is 28.5. The highest BCUT2D eigenvalue weighted by Crippen LogP contribution is 2.41. The average Bonchev–Trinajstić information content (AvgIpc) is 2.83. The first-order valence-electron chi connectivity index (χ1n) is 11.8. The van der Waals surface area contributed by atoms with Gasteiger partial charge >= 0.3 is 18.5 Å². The van der Waals surface area contributed by atoms with Gasteiger partial charge in [-0.25, -0.2) is 14.2 Å². The van der Waals surface area contributed by atoms with Crippen LogP contribution in [-0.4, -0.2) is 37.4 Å². The molecular weight excluding hydrogens is 545 g/mol. The molecule has 0 saturated heterocycles. The molecule has 8 nitrogen and oxygen atoms in total. The first kappa shape index (κ1) is 24.8. The number of hydrogen-bond acceptors (Lipinski definition) is 7. The zero-order chi connectivity index (χ0) is 31.6. The Morgan fingerprint density at radius 3 is 2.28 bits per heavy atom. The van der Waals surface area contributed by atoms with Crippen molar-refractivity contribution in [1.82, 2.24) is 4.98 Å². The molecule has 0 atom stereocenters. The number of aromatic nitrogens is 1. The number of benzene rings is 2. The van der Waals surface area contributed by atoms with Crippen LogP contribution in [0.15, 0.2) is 42.6 Å². The summed E-state index contributed by atoms with van der Waals surface area (Å²) >= 11 is 0. The Hall–Kier alpha value is -4.56. The fourth-order valence-electron chi connectivity index (χ4n) is 3.13. The second kappa shape index (κ2) is 11.0. The molecule has 39 heavy (non-hydrogen) atoms. The van der Waals surface area contributed by atoms with Crippen LogP contribution in [0.4, 0.5) is 36.4 Å². The molecule has 0 radical (unpaired) electrons. The van der Waals surface area contributed by atoms with Gasteiger partial charge in [0.1, 0.15) is 22.8 Å². The van der Waals surface area contributed by atoms with Crippen molar-refractivity contribution >= 4 is 17.6 Å². The Balaban J connectivity index is 2.10. The fraction of sp³-hybridized carbons (Fsp3) is 0.208. The number of halogens is 7. The molecule has 2 aromatic carbocycles. The van der Waals surface area contributed by atoms with Crippen LogP contribution < -0.4 is 19.5 Å². The molecule has 1 aromatic heterocycles. The first-order valence-corrected chi connectivity index (χ1v) is 10.3. The van der Waals surface area contributed by atoms with Gasteiger partial charge in [0, 0.05) is 6.07 Å². The molecule has 0 bridgehead atoms. The summed E-state index contributed by atoms with van der Waals surface area (Å²) in [5.41, 5.74) is -3.36. The molecule has 1 N–H and O–H groups in total. The van der Waals surface area contributed by atoms with Crippen molar-refractivity contribution in [3.05, 3.63) is 70.8 Å². The molecule has 3 rings (SSSR count). The number of pyridine rings is 1. The molecule has 0 aliphatic carbocycles. The van der Waals surface area contributed by atoms with Gasteiger partial charge in [-0.05, 0) is 42.8 Å². The molecule has 15 heteroatoms. The molecule has 0 fully saturated rings. The van der Waals surface area contributed by atoms with E-state index >= 15 is 4.39 Å². The number of methoxy groups -OCH3 is 2. The lowest BCUT2D eigenvalue weighted by Gasteiger charge is -2.18. The average molecular weight is 565 g/mol. The number of carbonyl (C=O) groups excluding carboxylic acids is 2. The van der Waals surface area contributed by atoms with Crippen LogP contribution in [0, 0.1) is 12.7 Å². The minimum absolute atomic E-state index is 0.157. The Morgan fingerprint density at radius 1 is 1.00 bits per heavy atom. The Morgan fingerprint density at radius 2 is 1.69 bits per heavy atom. The van der Waals surface area contributed by atoms with E-state index in [2.05, 4.69) is 24.5 Å². The molecule has 1 heterocycles. The summed E-state index contributed by atoms with van der Waals surface area (Å²) in [5.74, 6) is -7.93. The van der Waals surface area contributed by atoms with E-state index in [4.69, 9.17) is 8.85 Å². The number of aryl methyl sites for hydroxylation is 1. The third-order valence-corrected chi connectivity index (χ3v) is 4.87. The van der Waals surface area contributed by atoms with Crippen molar-refractivity contribution in [1.29, 1.82) is 0 Å². The van der Waals surface area contributed by atoms with Gasteiger partial charge in [0.05, 0.1) is 35.7 Å². The monoisotopic (exact) mass is 565 g/mol. The van der Waals surface area contributed by atoms with E-state index in [1.165, 1.54) is 13.0 Å². The van der Waals surface area contributed by atoms with Gasteiger partial charge < -0.3 is 24.3 Å². The summed E-state index contributed by atoms with van der Waals surface area (Å²) < 4.78 is 133. The lowest BCUT2D eigenvalue weighted by molar-refractivity contribution is -0.274. The topological polar surface area (TPSA) is 96.0 Å².